The number of hydrogen-bond acceptors (Lipinski definition) is 6. The van der Waals surface area contributed by atoms with Crippen molar-refractivity contribution in [2.45, 2.75) is 25.3 Å². The summed E-state index contributed by atoms with van der Waals surface area (Å²) in [5.41, 5.74) is 5.12. The Labute approximate surface area is 113 Å². The Morgan fingerprint density at radius 2 is 1.95 bits per heavy atom. The van der Waals surface area contributed by atoms with Crippen molar-refractivity contribution in [2.24, 2.45) is 5.73 Å². The minimum absolute atomic E-state index is 0.0888. The number of nitro benzene ring substituents is 2. The number of non-ortho nitro benzene ring substituents is 1. The Kier molecular flexibility index (Phi) is 5.09. The summed E-state index contributed by atoms with van der Waals surface area (Å²) >= 11 is 0. The van der Waals surface area contributed by atoms with Gasteiger partial charge in [-0.15, -0.1) is 0 Å². The van der Waals surface area contributed by atoms with Gasteiger partial charge in [0.15, 0.2) is 0 Å². The van der Waals surface area contributed by atoms with Crippen LogP contribution in [0, 0.1) is 20.2 Å². The van der Waals surface area contributed by atoms with Crippen molar-refractivity contribution in [3.8, 4) is 0 Å². The van der Waals surface area contributed by atoms with Crippen LogP contribution in [0.4, 0.5) is 11.4 Å². The summed E-state index contributed by atoms with van der Waals surface area (Å²) in [6.07, 6.45) is 0.421. The van der Waals surface area contributed by atoms with Crippen molar-refractivity contribution < 1.29 is 19.7 Å². The second-order valence-corrected chi connectivity index (χ2v) is 4.15. The second kappa shape index (κ2) is 6.57. The maximum atomic E-state index is 10.9. The van der Waals surface area contributed by atoms with E-state index in [0.29, 0.717) is 0 Å². The van der Waals surface area contributed by atoms with Gasteiger partial charge in [-0.1, -0.05) is 0 Å². The third-order valence-electron chi connectivity index (χ3n) is 2.73. The molecule has 0 amide bonds. The lowest BCUT2D eigenvalue weighted by Gasteiger charge is -2.11. The maximum Gasteiger partial charge on any atom is 0.303 e. The average Bonchev–Trinajstić information content (AvgIpc) is 2.37. The van der Waals surface area contributed by atoms with E-state index in [4.69, 9.17) is 10.8 Å². The third-order valence-corrected chi connectivity index (χ3v) is 2.73. The van der Waals surface area contributed by atoms with Crippen LogP contribution in [-0.4, -0.2) is 20.9 Å². The highest BCUT2D eigenvalue weighted by Gasteiger charge is 2.23. The van der Waals surface area contributed by atoms with Gasteiger partial charge in [-0.3, -0.25) is 25.0 Å². The smallest absolute Gasteiger partial charge is 0.303 e. The van der Waals surface area contributed by atoms with Crippen molar-refractivity contribution in [1.29, 1.82) is 0 Å². The Balaban J connectivity index is 2.95. The SMILES string of the molecule is NC(CCCC(=O)O)c1ccc([N+](=O)[O-])cc1[N+](=O)[O-]. The number of carboxylic acid groups (broad SMARTS) is 1. The number of rotatable bonds is 7. The van der Waals surface area contributed by atoms with E-state index in [1.54, 1.807) is 0 Å². The van der Waals surface area contributed by atoms with Crippen LogP contribution in [0.3, 0.4) is 0 Å². The quantitative estimate of drug-likeness (QED) is 0.571. The Morgan fingerprint density at radius 3 is 2.45 bits per heavy atom. The minimum atomic E-state index is -0.976. The average molecular weight is 283 g/mol. The van der Waals surface area contributed by atoms with Gasteiger partial charge >= 0.3 is 5.97 Å². The first kappa shape index (κ1) is 15.5. The first-order chi connectivity index (χ1) is 9.32. The van der Waals surface area contributed by atoms with E-state index in [1.807, 2.05) is 0 Å². The van der Waals surface area contributed by atoms with Gasteiger partial charge in [-0.05, 0) is 18.9 Å². The van der Waals surface area contributed by atoms with Gasteiger partial charge < -0.3 is 10.8 Å². The van der Waals surface area contributed by atoms with Gasteiger partial charge in [0.05, 0.1) is 15.9 Å². The molecule has 0 aromatic heterocycles. The fraction of sp³-hybridized carbons (Fsp3) is 0.364. The number of nitrogens with zero attached hydrogens (tertiary/aromatic N) is 2. The van der Waals surface area contributed by atoms with Crippen LogP contribution in [0.25, 0.3) is 0 Å². The highest BCUT2D eigenvalue weighted by Crippen LogP contribution is 2.30. The Hall–Kier alpha value is -2.55. The molecule has 9 heteroatoms. The lowest BCUT2D eigenvalue weighted by Crippen LogP contribution is -2.13. The molecule has 1 aromatic rings. The molecule has 1 rings (SSSR count). The molecular formula is C11H13N3O6. The highest BCUT2D eigenvalue weighted by atomic mass is 16.6. The van der Waals surface area contributed by atoms with E-state index >= 15 is 0 Å². The summed E-state index contributed by atoms with van der Waals surface area (Å²) in [5.74, 6) is -0.976. The van der Waals surface area contributed by atoms with Crippen molar-refractivity contribution in [2.75, 3.05) is 0 Å². The number of benzene rings is 1. The first-order valence-electron chi connectivity index (χ1n) is 5.73. The molecule has 1 unspecified atom stereocenters. The minimum Gasteiger partial charge on any atom is -0.481 e. The zero-order chi connectivity index (χ0) is 15.3. The summed E-state index contributed by atoms with van der Waals surface area (Å²) in [4.78, 5) is 30.4. The fourth-order valence-electron chi connectivity index (χ4n) is 1.75. The van der Waals surface area contributed by atoms with Crippen LogP contribution < -0.4 is 5.73 Å². The van der Waals surface area contributed by atoms with Crippen molar-refractivity contribution >= 4 is 17.3 Å². The standard InChI is InChI=1S/C11H13N3O6/c12-9(2-1-3-11(15)16)8-5-4-7(13(17)18)6-10(8)14(19)20/h4-6,9H,1-3,12H2,(H,15,16). The van der Waals surface area contributed by atoms with Gasteiger partial charge in [0, 0.05) is 24.1 Å². The predicted molar refractivity (Wildman–Crippen MR) is 68.2 cm³/mol. The highest BCUT2D eigenvalue weighted by molar-refractivity contribution is 5.66. The van der Waals surface area contributed by atoms with E-state index in [0.717, 1.165) is 12.1 Å². The normalized spacial score (nSPS) is 11.8. The topological polar surface area (TPSA) is 150 Å². The molecule has 0 aliphatic rings. The molecule has 0 spiro atoms. The van der Waals surface area contributed by atoms with Gasteiger partial charge in [0.2, 0.25) is 0 Å². The van der Waals surface area contributed by atoms with E-state index in [-0.39, 0.29) is 24.8 Å². The first-order valence-corrected chi connectivity index (χ1v) is 5.73. The molecule has 0 aliphatic heterocycles. The van der Waals surface area contributed by atoms with Crippen LogP contribution >= 0.6 is 0 Å². The van der Waals surface area contributed by atoms with Crippen LogP contribution in [0.5, 0.6) is 0 Å². The second-order valence-electron chi connectivity index (χ2n) is 4.15. The van der Waals surface area contributed by atoms with Crippen molar-refractivity contribution in [3.63, 3.8) is 0 Å². The lowest BCUT2D eigenvalue weighted by atomic mass is 10.00. The number of carbonyl (C=O) groups is 1. The van der Waals surface area contributed by atoms with Gasteiger partial charge in [0.25, 0.3) is 11.4 Å². The maximum absolute atomic E-state index is 10.9. The molecule has 0 aliphatic carbocycles. The molecular weight excluding hydrogens is 270 g/mol. The Morgan fingerprint density at radius 1 is 1.30 bits per heavy atom. The molecule has 9 nitrogen and oxygen atoms in total. The van der Waals surface area contributed by atoms with Gasteiger partial charge in [-0.2, -0.15) is 0 Å². The number of carboxylic acids is 1. The summed E-state index contributed by atoms with van der Waals surface area (Å²) < 4.78 is 0. The molecule has 0 saturated heterocycles. The summed E-state index contributed by atoms with van der Waals surface area (Å²) in [6.45, 7) is 0. The molecule has 0 bridgehead atoms. The zero-order valence-corrected chi connectivity index (χ0v) is 10.4. The fourth-order valence-corrected chi connectivity index (χ4v) is 1.75. The van der Waals surface area contributed by atoms with Crippen LogP contribution in [-0.2, 0) is 4.79 Å². The molecule has 1 aromatic carbocycles. The van der Waals surface area contributed by atoms with Crippen LogP contribution in [0.15, 0.2) is 18.2 Å². The van der Waals surface area contributed by atoms with Gasteiger partial charge in [-0.25, -0.2) is 0 Å². The van der Waals surface area contributed by atoms with E-state index in [9.17, 15) is 25.0 Å². The number of hydrogen-bond donors (Lipinski definition) is 2. The molecule has 0 fully saturated rings. The molecule has 3 N–H and O–H groups in total. The summed E-state index contributed by atoms with van der Waals surface area (Å²) in [7, 11) is 0. The number of nitrogens with two attached hydrogens (primary N) is 1. The lowest BCUT2D eigenvalue weighted by molar-refractivity contribution is -0.394. The Bertz CT molecular complexity index is 545. The van der Waals surface area contributed by atoms with Crippen LogP contribution in [0.2, 0.25) is 0 Å². The summed E-state index contributed by atoms with van der Waals surface area (Å²) in [5, 5.41) is 30.0. The molecule has 1 atom stereocenters. The molecule has 0 radical (unpaired) electrons. The zero-order valence-electron chi connectivity index (χ0n) is 10.4. The molecule has 0 heterocycles. The molecule has 108 valence electrons. The molecule has 20 heavy (non-hydrogen) atoms. The van der Waals surface area contributed by atoms with E-state index in [1.165, 1.54) is 6.07 Å². The summed E-state index contributed by atoms with van der Waals surface area (Å²) in [6, 6.07) is 2.49. The van der Waals surface area contributed by atoms with Crippen molar-refractivity contribution in [3.05, 3.63) is 44.0 Å². The largest absolute Gasteiger partial charge is 0.481 e. The van der Waals surface area contributed by atoms with E-state index < -0.39 is 33.2 Å². The van der Waals surface area contributed by atoms with Crippen LogP contribution in [0.1, 0.15) is 30.9 Å². The van der Waals surface area contributed by atoms with E-state index in [2.05, 4.69) is 0 Å². The number of aliphatic carboxylic acids is 1. The number of nitro groups is 2. The monoisotopic (exact) mass is 283 g/mol. The van der Waals surface area contributed by atoms with Gasteiger partial charge in [0.1, 0.15) is 0 Å². The van der Waals surface area contributed by atoms with Crippen molar-refractivity contribution in [1.82, 2.24) is 0 Å². The molecule has 0 saturated carbocycles. The third kappa shape index (κ3) is 3.99. The predicted octanol–water partition coefficient (Wildman–Crippen LogP) is 1.76.